The molecule has 0 unspecified atom stereocenters. The first-order valence-electron chi connectivity index (χ1n) is 5.40. The number of hydrogen-bond donors (Lipinski definition) is 0. The van der Waals surface area contributed by atoms with E-state index in [2.05, 4.69) is 20.9 Å². The van der Waals surface area contributed by atoms with Gasteiger partial charge in [0.2, 0.25) is 0 Å². The maximum Gasteiger partial charge on any atom is 0.274 e. The summed E-state index contributed by atoms with van der Waals surface area (Å²) in [5.74, 6) is 0.668. The summed E-state index contributed by atoms with van der Waals surface area (Å²) in [6, 6.07) is 9.50. The van der Waals surface area contributed by atoms with Gasteiger partial charge < -0.3 is 0 Å². The minimum Gasteiger partial charge on any atom is -0.267 e. The molecule has 2 aromatic heterocycles. The molecule has 18 heavy (non-hydrogen) atoms. The van der Waals surface area contributed by atoms with Crippen LogP contribution in [0.5, 0.6) is 0 Å². The lowest BCUT2D eigenvalue weighted by molar-refractivity contribution is 1.05. The first-order chi connectivity index (χ1) is 8.66. The number of benzene rings is 1. The molecule has 0 spiro atoms. The minimum atomic E-state index is -0.00942. The van der Waals surface area contributed by atoms with Crippen molar-refractivity contribution in [1.82, 2.24) is 8.94 Å². The van der Waals surface area contributed by atoms with E-state index in [1.807, 2.05) is 37.3 Å². The van der Waals surface area contributed by atoms with Gasteiger partial charge in [0.05, 0.1) is 10.1 Å². The Labute approximate surface area is 116 Å². The van der Waals surface area contributed by atoms with Gasteiger partial charge in [-0.05, 0) is 58.1 Å². The van der Waals surface area contributed by atoms with Crippen LogP contribution in [0.2, 0.25) is 0 Å². The smallest absolute Gasteiger partial charge is 0.267 e. The fraction of sp³-hybridized carbons (Fsp3) is 0.0769. The lowest BCUT2D eigenvalue weighted by Crippen LogP contribution is -2.12. The van der Waals surface area contributed by atoms with Gasteiger partial charge in [-0.25, -0.2) is 8.94 Å². The van der Waals surface area contributed by atoms with Crippen molar-refractivity contribution in [3.8, 4) is 5.82 Å². The average molecular weight is 321 g/mol. The Kier molecular flexibility index (Phi) is 2.80. The fourth-order valence-corrected chi connectivity index (χ4v) is 2.94. The highest BCUT2D eigenvalue weighted by atomic mass is 79.9. The zero-order chi connectivity index (χ0) is 12.7. The summed E-state index contributed by atoms with van der Waals surface area (Å²) in [6.45, 7) is 1.98. The molecule has 0 aliphatic rings. The molecule has 3 rings (SSSR count). The van der Waals surface area contributed by atoms with Crippen molar-refractivity contribution >= 4 is 37.5 Å². The molecule has 0 atom stereocenters. The first kappa shape index (κ1) is 11.6. The van der Waals surface area contributed by atoms with Crippen LogP contribution in [-0.4, -0.2) is 8.94 Å². The van der Waals surface area contributed by atoms with E-state index < -0.39 is 0 Å². The highest BCUT2D eigenvalue weighted by molar-refractivity contribution is 9.10. The molecule has 0 bridgehead atoms. The zero-order valence-corrected chi connectivity index (χ0v) is 12.0. The Hall–Kier alpha value is -1.46. The van der Waals surface area contributed by atoms with Crippen LogP contribution < -0.4 is 5.56 Å². The molecule has 1 aromatic carbocycles. The second-order valence-electron chi connectivity index (χ2n) is 3.98. The van der Waals surface area contributed by atoms with Gasteiger partial charge in [-0.2, -0.15) is 0 Å². The number of nitrogens with zero attached hydrogens (tertiary/aromatic N) is 2. The summed E-state index contributed by atoms with van der Waals surface area (Å²) in [5, 5.41) is 0.741. The molecule has 0 N–H and O–H groups in total. The standard InChI is InChI=1S/C13H9BrN2OS/c1-8-6-12(15-7-10(8)14)16-13(17)9-4-2-3-5-11(9)18-16/h2-7H,1H3. The maximum atomic E-state index is 12.2. The van der Waals surface area contributed by atoms with Crippen LogP contribution in [0.1, 0.15) is 5.56 Å². The number of rotatable bonds is 1. The number of fused-ring (bicyclic) bond motifs is 1. The van der Waals surface area contributed by atoms with E-state index in [1.54, 1.807) is 10.2 Å². The molecule has 0 aliphatic carbocycles. The van der Waals surface area contributed by atoms with E-state index >= 15 is 0 Å². The van der Waals surface area contributed by atoms with Crippen molar-refractivity contribution in [3.63, 3.8) is 0 Å². The van der Waals surface area contributed by atoms with Crippen LogP contribution in [-0.2, 0) is 0 Å². The molecule has 2 heterocycles. The van der Waals surface area contributed by atoms with Gasteiger partial charge in [-0.15, -0.1) is 0 Å². The van der Waals surface area contributed by atoms with Crippen molar-refractivity contribution in [1.29, 1.82) is 0 Å². The lowest BCUT2D eigenvalue weighted by Gasteiger charge is -2.02. The molecular formula is C13H9BrN2OS. The number of pyridine rings is 1. The van der Waals surface area contributed by atoms with Gasteiger partial charge in [0.1, 0.15) is 5.82 Å². The summed E-state index contributed by atoms with van der Waals surface area (Å²) in [4.78, 5) is 16.5. The average Bonchev–Trinajstić information content (AvgIpc) is 2.71. The number of aromatic nitrogens is 2. The molecule has 90 valence electrons. The fourth-order valence-electron chi connectivity index (χ4n) is 1.76. The molecule has 0 radical (unpaired) electrons. The predicted molar refractivity (Wildman–Crippen MR) is 77.7 cm³/mol. The van der Waals surface area contributed by atoms with Gasteiger partial charge >= 0.3 is 0 Å². The summed E-state index contributed by atoms with van der Waals surface area (Å²) in [6.07, 6.45) is 1.72. The number of halogens is 1. The SMILES string of the molecule is Cc1cc(-n2sc3ccccc3c2=O)ncc1Br. The van der Waals surface area contributed by atoms with Gasteiger partial charge in [0, 0.05) is 10.7 Å². The van der Waals surface area contributed by atoms with Gasteiger partial charge in [-0.3, -0.25) is 4.79 Å². The van der Waals surface area contributed by atoms with Crippen LogP contribution in [0.25, 0.3) is 15.9 Å². The topological polar surface area (TPSA) is 34.9 Å². The Morgan fingerprint density at radius 3 is 2.83 bits per heavy atom. The zero-order valence-electron chi connectivity index (χ0n) is 9.55. The first-order valence-corrected chi connectivity index (χ1v) is 6.97. The molecule has 3 aromatic rings. The molecule has 0 aliphatic heterocycles. The van der Waals surface area contributed by atoms with Crippen molar-refractivity contribution in [2.45, 2.75) is 6.92 Å². The summed E-state index contributed by atoms with van der Waals surface area (Å²) in [7, 11) is 0. The van der Waals surface area contributed by atoms with Gasteiger partial charge in [-0.1, -0.05) is 12.1 Å². The van der Waals surface area contributed by atoms with Gasteiger partial charge in [0.15, 0.2) is 0 Å². The van der Waals surface area contributed by atoms with Crippen molar-refractivity contribution in [2.75, 3.05) is 0 Å². The van der Waals surface area contributed by atoms with E-state index in [9.17, 15) is 4.79 Å². The Morgan fingerprint density at radius 2 is 2.11 bits per heavy atom. The van der Waals surface area contributed by atoms with Crippen LogP contribution in [0.4, 0.5) is 0 Å². The summed E-state index contributed by atoms with van der Waals surface area (Å²) >= 11 is 4.83. The summed E-state index contributed by atoms with van der Waals surface area (Å²) in [5.41, 5.74) is 1.05. The van der Waals surface area contributed by atoms with Crippen LogP contribution >= 0.6 is 27.5 Å². The molecular weight excluding hydrogens is 312 g/mol. The summed E-state index contributed by atoms with van der Waals surface area (Å²) < 4.78 is 3.55. The second kappa shape index (κ2) is 4.33. The van der Waals surface area contributed by atoms with Crippen LogP contribution in [0.15, 0.2) is 45.8 Å². The molecule has 0 saturated carbocycles. The van der Waals surface area contributed by atoms with E-state index in [1.165, 1.54) is 11.5 Å². The Balaban J connectivity index is 2.28. The monoisotopic (exact) mass is 320 g/mol. The quantitative estimate of drug-likeness (QED) is 0.687. The van der Waals surface area contributed by atoms with Crippen LogP contribution in [0, 0.1) is 6.92 Å². The van der Waals surface area contributed by atoms with Crippen molar-refractivity contribution < 1.29 is 0 Å². The third-order valence-corrected chi connectivity index (χ3v) is 4.65. The normalized spacial score (nSPS) is 11.0. The third-order valence-electron chi connectivity index (χ3n) is 2.73. The Bertz CT molecular complexity index is 791. The Morgan fingerprint density at radius 1 is 1.33 bits per heavy atom. The van der Waals surface area contributed by atoms with E-state index in [-0.39, 0.29) is 5.56 Å². The highest BCUT2D eigenvalue weighted by Crippen LogP contribution is 2.21. The highest BCUT2D eigenvalue weighted by Gasteiger charge is 2.10. The largest absolute Gasteiger partial charge is 0.274 e. The van der Waals surface area contributed by atoms with E-state index in [0.717, 1.165) is 20.1 Å². The molecule has 0 fully saturated rings. The van der Waals surface area contributed by atoms with Crippen LogP contribution in [0.3, 0.4) is 0 Å². The number of aryl methyl sites for hydroxylation is 1. The molecule has 3 nitrogen and oxygen atoms in total. The van der Waals surface area contributed by atoms with E-state index in [0.29, 0.717) is 5.82 Å². The van der Waals surface area contributed by atoms with Crippen molar-refractivity contribution in [2.24, 2.45) is 0 Å². The van der Waals surface area contributed by atoms with E-state index in [4.69, 9.17) is 0 Å². The lowest BCUT2D eigenvalue weighted by atomic mass is 10.3. The second-order valence-corrected chi connectivity index (χ2v) is 5.82. The third kappa shape index (κ3) is 1.79. The molecule has 5 heteroatoms. The van der Waals surface area contributed by atoms with Gasteiger partial charge in [0.25, 0.3) is 5.56 Å². The predicted octanol–water partition coefficient (Wildman–Crippen LogP) is 3.52. The molecule has 0 amide bonds. The van der Waals surface area contributed by atoms with Crippen molar-refractivity contribution in [3.05, 3.63) is 56.9 Å². The molecule has 0 saturated heterocycles. The number of hydrogen-bond acceptors (Lipinski definition) is 3. The maximum absolute atomic E-state index is 12.2. The minimum absolute atomic E-state index is 0.00942.